The number of allylic oxidation sites excluding steroid dienone is 2. The Kier molecular flexibility index (Phi) is 2.72. The summed E-state index contributed by atoms with van der Waals surface area (Å²) in [5.74, 6) is 2.55. The normalized spacial score (nSPS) is 32.8. The summed E-state index contributed by atoms with van der Waals surface area (Å²) < 4.78 is 0. The second-order valence-corrected chi connectivity index (χ2v) is 7.83. The lowest BCUT2D eigenvalue weighted by atomic mass is 9.78. The number of thiophene rings is 1. The first kappa shape index (κ1) is 12.8. The van der Waals surface area contributed by atoms with Gasteiger partial charge in [-0.15, -0.1) is 11.3 Å². The molecule has 22 heavy (non-hydrogen) atoms. The van der Waals surface area contributed by atoms with Crippen molar-refractivity contribution in [3.63, 3.8) is 0 Å². The van der Waals surface area contributed by atoms with Gasteiger partial charge < -0.3 is 0 Å². The summed E-state index contributed by atoms with van der Waals surface area (Å²) in [5, 5.41) is 2.13. The van der Waals surface area contributed by atoms with Crippen LogP contribution < -0.4 is 0 Å². The highest BCUT2D eigenvalue weighted by atomic mass is 32.1. The maximum Gasteiger partial charge on any atom is 0.167 e. The monoisotopic (exact) mass is 306 g/mol. The van der Waals surface area contributed by atoms with Gasteiger partial charge in [-0.1, -0.05) is 36.4 Å². The van der Waals surface area contributed by atoms with E-state index in [1.807, 2.05) is 18.2 Å². The smallest absolute Gasteiger partial charge is 0.167 e. The maximum atomic E-state index is 13.2. The number of hydrogen-bond acceptors (Lipinski definition) is 2. The number of fused-ring (bicyclic) bond motifs is 5. The molecule has 0 amide bonds. The molecule has 1 nitrogen and oxygen atoms in total. The fourth-order valence-electron chi connectivity index (χ4n) is 5.17. The van der Waals surface area contributed by atoms with Gasteiger partial charge in [0, 0.05) is 16.4 Å². The highest BCUT2D eigenvalue weighted by Crippen LogP contribution is 2.63. The Morgan fingerprint density at radius 3 is 2.41 bits per heavy atom. The molecule has 0 saturated heterocycles. The molecule has 2 saturated carbocycles. The van der Waals surface area contributed by atoms with Gasteiger partial charge in [-0.25, -0.2) is 0 Å². The minimum absolute atomic E-state index is 0.269. The van der Waals surface area contributed by atoms with Crippen LogP contribution in [0.15, 0.2) is 47.8 Å². The zero-order valence-corrected chi connectivity index (χ0v) is 13.2. The second-order valence-electron chi connectivity index (χ2n) is 6.88. The van der Waals surface area contributed by atoms with Gasteiger partial charge >= 0.3 is 0 Å². The molecule has 5 rings (SSSR count). The van der Waals surface area contributed by atoms with Crippen LogP contribution in [-0.4, -0.2) is 5.78 Å². The lowest BCUT2D eigenvalue weighted by molar-refractivity contribution is -0.118. The first-order valence-electron chi connectivity index (χ1n) is 8.22. The van der Waals surface area contributed by atoms with Gasteiger partial charge in [0.05, 0.1) is 0 Å². The number of rotatable bonds is 2. The molecule has 1 aromatic heterocycles. The molecule has 3 aliphatic carbocycles. The van der Waals surface area contributed by atoms with E-state index in [4.69, 9.17) is 0 Å². The molecular weight excluding hydrogens is 288 g/mol. The van der Waals surface area contributed by atoms with Crippen LogP contribution in [0.1, 0.15) is 29.7 Å². The fraction of sp³-hybridized carbons (Fsp3) is 0.350. The molecule has 2 heteroatoms. The molecule has 4 atom stereocenters. The Bertz CT molecular complexity index is 756. The molecule has 0 N–H and O–H groups in total. The maximum absolute atomic E-state index is 13.2. The lowest BCUT2D eigenvalue weighted by Gasteiger charge is -2.25. The fourth-order valence-corrected chi connectivity index (χ4v) is 6.00. The van der Waals surface area contributed by atoms with Crippen LogP contribution in [0.5, 0.6) is 0 Å². The van der Waals surface area contributed by atoms with Crippen molar-refractivity contribution in [2.75, 3.05) is 0 Å². The summed E-state index contributed by atoms with van der Waals surface area (Å²) in [6, 6.07) is 14.6. The molecule has 0 spiro atoms. The van der Waals surface area contributed by atoms with Crippen molar-refractivity contribution < 1.29 is 4.79 Å². The predicted octanol–water partition coefficient (Wildman–Crippen LogP) is 4.90. The third-order valence-corrected chi connectivity index (χ3v) is 6.82. The van der Waals surface area contributed by atoms with E-state index < -0.39 is 0 Å². The molecule has 110 valence electrons. The Morgan fingerprint density at radius 2 is 1.68 bits per heavy atom. The molecule has 1 heterocycles. The van der Waals surface area contributed by atoms with Crippen molar-refractivity contribution in [2.45, 2.75) is 19.3 Å². The predicted molar refractivity (Wildman–Crippen MR) is 90.4 cm³/mol. The van der Waals surface area contributed by atoms with Gasteiger partial charge in [0.1, 0.15) is 0 Å². The standard InChI is InChI=1S/C20H18OS/c21-20-17(12-5-2-1-3-6-12)19(15-7-4-10-22-15)16-13-8-9-14(11-13)18(16)20/h1-7,10,13-14,16,18H,8-9,11H2/t13-,14+,16+,18-/m0/s1. The Hall–Kier alpha value is -1.67. The number of carbonyl (C=O) groups is 1. The SMILES string of the molecule is O=C1C(c2ccccc2)=C(c2cccs2)[C@@H]2[C@H]3CC[C@H](C3)[C@H]12. The zero-order valence-electron chi connectivity index (χ0n) is 12.4. The summed E-state index contributed by atoms with van der Waals surface area (Å²) in [5.41, 5.74) is 3.50. The van der Waals surface area contributed by atoms with Crippen LogP contribution in [0.4, 0.5) is 0 Å². The summed E-state index contributed by atoms with van der Waals surface area (Å²) in [6.07, 6.45) is 3.85. The van der Waals surface area contributed by atoms with Gasteiger partial charge in [-0.3, -0.25) is 4.79 Å². The van der Waals surface area contributed by atoms with Crippen molar-refractivity contribution in [3.8, 4) is 0 Å². The van der Waals surface area contributed by atoms with Crippen molar-refractivity contribution in [2.24, 2.45) is 23.7 Å². The average Bonchev–Trinajstić information content (AvgIpc) is 3.31. The number of Topliss-reactive ketones (excluding diaryl/α,β-unsaturated/α-hetero) is 1. The van der Waals surface area contributed by atoms with Crippen LogP contribution in [0.25, 0.3) is 11.1 Å². The average molecular weight is 306 g/mol. The molecule has 2 fully saturated rings. The highest BCUT2D eigenvalue weighted by molar-refractivity contribution is 7.11. The van der Waals surface area contributed by atoms with Crippen LogP contribution in [-0.2, 0) is 4.79 Å². The zero-order chi connectivity index (χ0) is 14.7. The van der Waals surface area contributed by atoms with Gasteiger partial charge in [0.15, 0.2) is 5.78 Å². The largest absolute Gasteiger partial charge is 0.294 e. The number of carbonyl (C=O) groups excluding carboxylic acids is 1. The second kappa shape index (κ2) is 4.66. The van der Waals surface area contributed by atoms with E-state index in [1.54, 1.807) is 11.3 Å². The number of benzene rings is 1. The third-order valence-electron chi connectivity index (χ3n) is 5.92. The van der Waals surface area contributed by atoms with Crippen molar-refractivity contribution in [3.05, 3.63) is 58.3 Å². The number of ketones is 1. The summed E-state index contributed by atoms with van der Waals surface area (Å²) >= 11 is 1.79. The Balaban J connectivity index is 1.75. The first-order valence-corrected chi connectivity index (χ1v) is 9.10. The van der Waals surface area contributed by atoms with E-state index >= 15 is 0 Å². The summed E-state index contributed by atoms with van der Waals surface area (Å²) in [4.78, 5) is 14.5. The van der Waals surface area contributed by atoms with Gasteiger partial charge in [0.2, 0.25) is 0 Å². The van der Waals surface area contributed by atoms with E-state index in [0.717, 1.165) is 17.1 Å². The van der Waals surface area contributed by atoms with Gasteiger partial charge in [-0.2, -0.15) is 0 Å². The topological polar surface area (TPSA) is 17.1 Å². The Labute approximate surface area is 134 Å². The van der Waals surface area contributed by atoms with Crippen LogP contribution in [0, 0.1) is 23.7 Å². The molecule has 3 aliphatic rings. The van der Waals surface area contributed by atoms with E-state index in [-0.39, 0.29) is 5.92 Å². The van der Waals surface area contributed by atoms with Crippen LogP contribution in [0.3, 0.4) is 0 Å². The van der Waals surface area contributed by atoms with E-state index in [0.29, 0.717) is 17.6 Å². The highest BCUT2D eigenvalue weighted by Gasteiger charge is 2.57. The Morgan fingerprint density at radius 1 is 0.909 bits per heavy atom. The molecule has 2 aromatic rings. The number of hydrogen-bond donors (Lipinski definition) is 0. The van der Waals surface area contributed by atoms with Crippen molar-refractivity contribution >= 4 is 28.3 Å². The molecule has 0 unspecified atom stereocenters. The third kappa shape index (κ3) is 1.62. The molecular formula is C20H18OS. The summed E-state index contributed by atoms with van der Waals surface area (Å²) in [7, 11) is 0. The van der Waals surface area contributed by atoms with E-state index in [9.17, 15) is 4.79 Å². The van der Waals surface area contributed by atoms with E-state index in [2.05, 4.69) is 29.6 Å². The minimum atomic E-state index is 0.269. The molecule has 0 radical (unpaired) electrons. The summed E-state index contributed by atoms with van der Waals surface area (Å²) in [6.45, 7) is 0. The molecule has 1 aromatic carbocycles. The van der Waals surface area contributed by atoms with Gasteiger partial charge in [-0.05, 0) is 59.6 Å². The lowest BCUT2D eigenvalue weighted by Crippen LogP contribution is -2.24. The van der Waals surface area contributed by atoms with E-state index in [1.165, 1.54) is 29.7 Å². The van der Waals surface area contributed by atoms with Crippen molar-refractivity contribution in [1.29, 1.82) is 0 Å². The van der Waals surface area contributed by atoms with Crippen LogP contribution >= 0.6 is 11.3 Å². The molecule has 2 bridgehead atoms. The van der Waals surface area contributed by atoms with Gasteiger partial charge in [0.25, 0.3) is 0 Å². The minimum Gasteiger partial charge on any atom is -0.294 e. The quantitative estimate of drug-likeness (QED) is 0.771. The van der Waals surface area contributed by atoms with Crippen LogP contribution in [0.2, 0.25) is 0 Å². The molecule has 0 aliphatic heterocycles. The first-order chi connectivity index (χ1) is 10.8. The van der Waals surface area contributed by atoms with Crippen molar-refractivity contribution in [1.82, 2.24) is 0 Å².